The Balaban J connectivity index is 1.75. The van der Waals surface area contributed by atoms with Crippen molar-refractivity contribution in [3.8, 4) is 11.8 Å². The van der Waals surface area contributed by atoms with E-state index in [1.807, 2.05) is 38.1 Å². The summed E-state index contributed by atoms with van der Waals surface area (Å²) in [5.74, 6) is -0.553. The Morgan fingerprint density at radius 1 is 1.09 bits per heavy atom. The number of aryl methyl sites for hydroxylation is 1. The molecule has 6 nitrogen and oxygen atoms in total. The van der Waals surface area contributed by atoms with Crippen LogP contribution < -0.4 is 15.4 Å². The highest BCUT2D eigenvalue weighted by Gasteiger charge is 2.13. The Morgan fingerprint density at radius 2 is 1.82 bits per heavy atom. The van der Waals surface area contributed by atoms with Gasteiger partial charge in [-0.2, -0.15) is 5.26 Å². The number of amides is 2. The van der Waals surface area contributed by atoms with Crippen LogP contribution in [0.3, 0.4) is 0 Å². The summed E-state index contributed by atoms with van der Waals surface area (Å²) >= 11 is 9.25. The van der Waals surface area contributed by atoms with E-state index in [0.717, 1.165) is 21.3 Å². The summed E-state index contributed by atoms with van der Waals surface area (Å²) in [6, 6.07) is 19.2. The molecule has 0 atom stereocenters. The molecule has 0 spiro atoms. The van der Waals surface area contributed by atoms with Crippen LogP contribution in [0.5, 0.6) is 5.75 Å². The van der Waals surface area contributed by atoms with Gasteiger partial charge in [0.15, 0.2) is 6.61 Å². The first-order chi connectivity index (χ1) is 16.3. The molecule has 2 amide bonds. The molecular weight excluding hydrogens is 518 g/mol. The third-order valence-corrected chi connectivity index (χ3v) is 5.72. The van der Waals surface area contributed by atoms with Crippen LogP contribution in [0, 0.1) is 25.2 Å². The normalized spacial score (nSPS) is 10.9. The lowest BCUT2D eigenvalue weighted by atomic mass is 10.1. The van der Waals surface area contributed by atoms with E-state index in [9.17, 15) is 14.9 Å². The van der Waals surface area contributed by atoms with Crippen molar-refractivity contribution < 1.29 is 14.3 Å². The number of rotatable bonds is 7. The van der Waals surface area contributed by atoms with E-state index >= 15 is 0 Å². The largest absolute Gasteiger partial charge is 0.483 e. The molecular formula is C26H21BrClN3O3. The van der Waals surface area contributed by atoms with Crippen molar-refractivity contribution in [2.45, 2.75) is 13.8 Å². The zero-order valence-corrected chi connectivity index (χ0v) is 20.8. The van der Waals surface area contributed by atoms with Crippen LogP contribution >= 0.6 is 27.5 Å². The number of anilines is 2. The molecule has 3 aromatic rings. The summed E-state index contributed by atoms with van der Waals surface area (Å²) in [5.41, 5.74) is 3.61. The van der Waals surface area contributed by atoms with Crippen LogP contribution in [0.4, 0.5) is 11.4 Å². The molecule has 0 radical (unpaired) electrons. The molecule has 34 heavy (non-hydrogen) atoms. The zero-order valence-electron chi connectivity index (χ0n) is 18.5. The van der Waals surface area contributed by atoms with Crippen LogP contribution in [-0.4, -0.2) is 18.4 Å². The highest BCUT2D eigenvalue weighted by Crippen LogP contribution is 2.26. The smallest absolute Gasteiger partial charge is 0.266 e. The third kappa shape index (κ3) is 6.70. The number of carbonyl (C=O) groups excluding carboxylic acids is 2. The molecule has 2 N–H and O–H groups in total. The van der Waals surface area contributed by atoms with E-state index < -0.39 is 5.91 Å². The molecule has 0 bridgehead atoms. The van der Waals surface area contributed by atoms with Crippen molar-refractivity contribution in [3.05, 3.63) is 92.4 Å². The lowest BCUT2D eigenvalue weighted by Crippen LogP contribution is -2.21. The van der Waals surface area contributed by atoms with Gasteiger partial charge in [0.1, 0.15) is 17.4 Å². The van der Waals surface area contributed by atoms with Gasteiger partial charge in [-0.3, -0.25) is 9.59 Å². The topological polar surface area (TPSA) is 91.2 Å². The van der Waals surface area contributed by atoms with E-state index in [4.69, 9.17) is 16.3 Å². The molecule has 0 saturated heterocycles. The molecule has 3 rings (SSSR count). The number of nitrogens with zero attached hydrogens (tertiary/aromatic N) is 1. The molecule has 0 saturated carbocycles. The zero-order chi connectivity index (χ0) is 24.7. The number of ether oxygens (including phenoxy) is 1. The average molecular weight is 539 g/mol. The second kappa shape index (κ2) is 11.5. The van der Waals surface area contributed by atoms with Gasteiger partial charge in [-0.25, -0.2) is 0 Å². The van der Waals surface area contributed by atoms with Crippen molar-refractivity contribution in [3.63, 3.8) is 0 Å². The Bertz CT molecular complexity index is 1300. The van der Waals surface area contributed by atoms with Gasteiger partial charge in [0.25, 0.3) is 11.8 Å². The highest BCUT2D eigenvalue weighted by molar-refractivity contribution is 9.10. The Kier molecular flexibility index (Phi) is 8.47. The minimum absolute atomic E-state index is 0.127. The van der Waals surface area contributed by atoms with Gasteiger partial charge in [-0.15, -0.1) is 0 Å². The molecule has 0 aromatic heterocycles. The molecule has 0 heterocycles. The minimum Gasteiger partial charge on any atom is -0.483 e. The highest BCUT2D eigenvalue weighted by atomic mass is 79.9. The standard InChI is InChI=1S/C26H21BrClN3O3/c1-16-4-3-5-23(17(16)2)31-25(32)15-34-24-11-6-20(27)13-18(24)12-19(14-29)26(33)30-22-9-7-21(28)8-10-22/h3-13H,15H2,1-2H3,(H,30,33)(H,31,32)/b19-12-. The predicted molar refractivity (Wildman–Crippen MR) is 138 cm³/mol. The second-order valence-electron chi connectivity index (χ2n) is 7.40. The number of halogens is 2. The maximum Gasteiger partial charge on any atom is 0.266 e. The molecule has 8 heteroatoms. The Morgan fingerprint density at radius 3 is 2.53 bits per heavy atom. The SMILES string of the molecule is Cc1cccc(NC(=O)COc2ccc(Br)cc2/C=C(/C#N)C(=O)Nc2ccc(Cl)cc2)c1C. The summed E-state index contributed by atoms with van der Waals surface area (Å²) in [4.78, 5) is 25.1. The quantitative estimate of drug-likeness (QED) is 0.273. The van der Waals surface area contributed by atoms with Crippen molar-refractivity contribution in [1.29, 1.82) is 5.26 Å². The maximum atomic E-state index is 12.6. The van der Waals surface area contributed by atoms with Crippen LogP contribution in [0.15, 0.2) is 70.7 Å². The summed E-state index contributed by atoms with van der Waals surface area (Å²) in [5, 5.41) is 15.6. The number of hydrogen-bond donors (Lipinski definition) is 2. The summed E-state index contributed by atoms with van der Waals surface area (Å²) in [7, 11) is 0. The lowest BCUT2D eigenvalue weighted by molar-refractivity contribution is -0.118. The fraction of sp³-hybridized carbons (Fsp3) is 0.115. The van der Waals surface area contributed by atoms with Crippen molar-refractivity contribution >= 4 is 56.8 Å². The van der Waals surface area contributed by atoms with Crippen LogP contribution in [0.1, 0.15) is 16.7 Å². The first kappa shape index (κ1) is 25.0. The van der Waals surface area contributed by atoms with Gasteiger partial charge in [0.2, 0.25) is 0 Å². The number of nitrogens with one attached hydrogen (secondary N) is 2. The average Bonchev–Trinajstić information content (AvgIpc) is 2.81. The number of nitriles is 1. The van der Waals surface area contributed by atoms with Crippen molar-refractivity contribution in [2.24, 2.45) is 0 Å². The fourth-order valence-corrected chi connectivity index (χ4v) is 3.52. The van der Waals surface area contributed by atoms with Gasteiger partial charge in [0, 0.05) is 26.4 Å². The molecule has 0 aliphatic rings. The third-order valence-electron chi connectivity index (χ3n) is 4.98. The molecule has 0 fully saturated rings. The number of hydrogen-bond acceptors (Lipinski definition) is 4. The van der Waals surface area contributed by atoms with Crippen LogP contribution in [-0.2, 0) is 9.59 Å². The molecule has 3 aromatic carbocycles. The van der Waals surface area contributed by atoms with E-state index in [1.54, 1.807) is 42.5 Å². The number of carbonyl (C=O) groups is 2. The van der Waals surface area contributed by atoms with Crippen molar-refractivity contribution in [1.82, 2.24) is 0 Å². The van der Waals surface area contributed by atoms with E-state index in [2.05, 4.69) is 26.6 Å². The van der Waals surface area contributed by atoms with Gasteiger partial charge in [0.05, 0.1) is 0 Å². The first-order valence-electron chi connectivity index (χ1n) is 10.2. The van der Waals surface area contributed by atoms with Crippen LogP contribution in [0.2, 0.25) is 5.02 Å². The Labute approximate surface area is 211 Å². The van der Waals surface area contributed by atoms with Crippen LogP contribution in [0.25, 0.3) is 6.08 Å². The summed E-state index contributed by atoms with van der Waals surface area (Å²) < 4.78 is 6.44. The maximum absolute atomic E-state index is 12.6. The molecule has 0 aliphatic carbocycles. The molecule has 172 valence electrons. The van der Waals surface area contributed by atoms with Gasteiger partial charge >= 0.3 is 0 Å². The van der Waals surface area contributed by atoms with E-state index in [-0.39, 0.29) is 18.1 Å². The number of benzene rings is 3. The predicted octanol–water partition coefficient (Wildman–Crippen LogP) is 6.28. The first-order valence-corrected chi connectivity index (χ1v) is 11.4. The second-order valence-corrected chi connectivity index (χ2v) is 8.75. The summed E-state index contributed by atoms with van der Waals surface area (Å²) in [6.45, 7) is 3.66. The van der Waals surface area contributed by atoms with Gasteiger partial charge in [-0.05, 0) is 79.6 Å². The lowest BCUT2D eigenvalue weighted by Gasteiger charge is -2.13. The van der Waals surface area contributed by atoms with Crippen molar-refractivity contribution in [2.75, 3.05) is 17.2 Å². The van der Waals surface area contributed by atoms with Gasteiger partial charge in [-0.1, -0.05) is 39.7 Å². The Hall–Kier alpha value is -3.60. The summed E-state index contributed by atoms with van der Waals surface area (Å²) in [6.07, 6.45) is 1.41. The van der Waals surface area contributed by atoms with E-state index in [1.165, 1.54) is 6.08 Å². The van der Waals surface area contributed by atoms with E-state index in [0.29, 0.717) is 22.0 Å². The fourth-order valence-electron chi connectivity index (χ4n) is 3.02. The van der Waals surface area contributed by atoms with Gasteiger partial charge < -0.3 is 15.4 Å². The molecule has 0 aliphatic heterocycles. The monoisotopic (exact) mass is 537 g/mol. The minimum atomic E-state index is -0.580. The molecule has 0 unspecified atom stereocenters.